The van der Waals surface area contributed by atoms with E-state index in [1.807, 2.05) is 0 Å². The molecule has 1 rings (SSSR count). The number of anilines is 1. The number of carbonyl (C=O) groups excluding carboxylic acids is 1. The van der Waals surface area contributed by atoms with Crippen LogP contribution in [0.5, 0.6) is 0 Å². The van der Waals surface area contributed by atoms with E-state index in [2.05, 4.69) is 10.1 Å². The van der Waals surface area contributed by atoms with Gasteiger partial charge in [0.25, 0.3) is 0 Å². The fourth-order valence-electron chi connectivity index (χ4n) is 0.899. The Morgan fingerprint density at radius 3 is 2.36 bits per heavy atom. The minimum absolute atomic E-state index is 0.518. The highest BCUT2D eigenvalue weighted by Crippen LogP contribution is 2.11. The molecule has 1 atom stereocenters. The van der Waals surface area contributed by atoms with E-state index in [1.165, 1.54) is 7.11 Å². The van der Waals surface area contributed by atoms with Gasteiger partial charge in [0.1, 0.15) is 0 Å². The van der Waals surface area contributed by atoms with Crippen molar-refractivity contribution >= 4 is 22.6 Å². The summed E-state index contributed by atoms with van der Waals surface area (Å²) in [5, 5.41) is 2.50. The molecule has 0 aliphatic heterocycles. The van der Waals surface area contributed by atoms with E-state index in [1.54, 1.807) is 30.5 Å². The van der Waals surface area contributed by atoms with Gasteiger partial charge < -0.3 is 4.74 Å². The third-order valence-electron chi connectivity index (χ3n) is 1.62. The lowest BCUT2D eigenvalue weighted by Gasteiger charge is -2.03. The highest BCUT2D eigenvalue weighted by atomic mass is 32.2. The molecule has 5 heteroatoms. The van der Waals surface area contributed by atoms with E-state index >= 15 is 0 Å². The number of methoxy groups -OCH3 is 1. The second-order valence-corrected chi connectivity index (χ2v) is 3.97. The molecule has 1 aromatic rings. The molecule has 0 heterocycles. The predicted octanol–water partition coefficient (Wildman–Crippen LogP) is 1.60. The van der Waals surface area contributed by atoms with Gasteiger partial charge in [-0.15, -0.1) is 0 Å². The van der Waals surface area contributed by atoms with Crippen LogP contribution in [0.3, 0.4) is 0 Å². The Morgan fingerprint density at radius 2 is 1.93 bits per heavy atom. The van der Waals surface area contributed by atoms with E-state index in [4.69, 9.17) is 0 Å². The lowest BCUT2D eigenvalue weighted by Crippen LogP contribution is -2.10. The molecule has 1 N–H and O–H groups in total. The topological polar surface area (TPSA) is 55.4 Å². The smallest absolute Gasteiger partial charge is 0.411 e. The maximum Gasteiger partial charge on any atom is 0.411 e. The molecule has 0 bridgehead atoms. The summed E-state index contributed by atoms with van der Waals surface area (Å²) < 4.78 is 15.5. The van der Waals surface area contributed by atoms with Crippen molar-refractivity contribution in [2.45, 2.75) is 4.90 Å². The van der Waals surface area contributed by atoms with Crippen LogP contribution in [-0.4, -0.2) is 23.7 Å². The van der Waals surface area contributed by atoms with Gasteiger partial charge in [-0.3, -0.25) is 9.53 Å². The maximum atomic E-state index is 11.0. The maximum absolute atomic E-state index is 11.0. The summed E-state index contributed by atoms with van der Waals surface area (Å²) in [6.07, 6.45) is 1.08. The number of nitrogens with one attached hydrogen (secondary N) is 1. The van der Waals surface area contributed by atoms with E-state index in [-0.39, 0.29) is 0 Å². The van der Waals surface area contributed by atoms with Crippen molar-refractivity contribution in [2.75, 3.05) is 18.7 Å². The molecule has 76 valence electrons. The third kappa shape index (κ3) is 2.85. The molecule has 0 saturated carbocycles. The van der Waals surface area contributed by atoms with E-state index in [0.717, 1.165) is 4.90 Å². The Balaban J connectivity index is 2.73. The molecule has 0 fully saturated rings. The minimum atomic E-state index is -0.996. The summed E-state index contributed by atoms with van der Waals surface area (Å²) in [6, 6.07) is 6.74. The molecule has 0 spiro atoms. The first-order chi connectivity index (χ1) is 6.63. The molecule has 0 aromatic heterocycles. The van der Waals surface area contributed by atoms with Gasteiger partial charge in [-0.05, 0) is 24.3 Å². The average Bonchev–Trinajstić information content (AvgIpc) is 2.18. The van der Waals surface area contributed by atoms with Gasteiger partial charge in [0.2, 0.25) is 0 Å². The summed E-state index contributed by atoms with van der Waals surface area (Å²) in [4.78, 5) is 11.5. The van der Waals surface area contributed by atoms with Gasteiger partial charge in [0.05, 0.1) is 7.11 Å². The van der Waals surface area contributed by atoms with Gasteiger partial charge in [-0.1, -0.05) is 0 Å². The average molecular weight is 213 g/mol. The second-order valence-electron chi connectivity index (χ2n) is 2.60. The molecule has 1 amide bonds. The summed E-state index contributed by atoms with van der Waals surface area (Å²) in [5.74, 6) is 0. The van der Waals surface area contributed by atoms with E-state index in [0.29, 0.717) is 5.69 Å². The van der Waals surface area contributed by atoms with Crippen molar-refractivity contribution in [1.82, 2.24) is 0 Å². The standard InChI is InChI=1S/C9H11NO3S/c1-13-9(11)10-7-3-5-8(6-4-7)14(2)12/h3-6H,1-2H3,(H,10,11). The van der Waals surface area contributed by atoms with Crippen molar-refractivity contribution in [3.63, 3.8) is 0 Å². The Kier molecular flexibility index (Phi) is 3.64. The largest absolute Gasteiger partial charge is 0.453 e. The first-order valence-corrected chi connectivity index (χ1v) is 5.47. The lowest BCUT2D eigenvalue weighted by atomic mass is 10.3. The number of carbonyl (C=O) groups is 1. The Bertz CT molecular complexity index is 348. The number of ether oxygens (including phenoxy) is 1. The van der Waals surface area contributed by atoms with Gasteiger partial charge in [0.15, 0.2) is 0 Å². The van der Waals surface area contributed by atoms with Gasteiger partial charge in [0, 0.05) is 27.6 Å². The Hall–Kier alpha value is -1.36. The van der Waals surface area contributed by atoms with Crippen LogP contribution in [0.15, 0.2) is 29.2 Å². The van der Waals surface area contributed by atoms with E-state index < -0.39 is 16.9 Å². The zero-order chi connectivity index (χ0) is 10.6. The molecule has 4 nitrogen and oxygen atoms in total. The molecule has 14 heavy (non-hydrogen) atoms. The van der Waals surface area contributed by atoms with Crippen molar-refractivity contribution in [1.29, 1.82) is 0 Å². The first kappa shape index (κ1) is 10.7. The van der Waals surface area contributed by atoms with Crippen LogP contribution in [0.25, 0.3) is 0 Å². The molecular formula is C9H11NO3S. The highest BCUT2D eigenvalue weighted by Gasteiger charge is 2.01. The van der Waals surface area contributed by atoms with Crippen LogP contribution < -0.4 is 5.32 Å². The fourth-order valence-corrected chi connectivity index (χ4v) is 1.42. The summed E-state index contributed by atoms with van der Waals surface area (Å²) in [5.41, 5.74) is 0.617. The van der Waals surface area contributed by atoms with Crippen molar-refractivity contribution in [3.05, 3.63) is 24.3 Å². The first-order valence-electron chi connectivity index (χ1n) is 3.92. The predicted molar refractivity (Wildman–Crippen MR) is 54.8 cm³/mol. The van der Waals surface area contributed by atoms with Crippen LogP contribution in [0.1, 0.15) is 0 Å². The Labute approximate surface area is 84.7 Å². The third-order valence-corrected chi connectivity index (χ3v) is 2.55. The summed E-state index contributed by atoms with van der Waals surface area (Å²) in [7, 11) is 0.301. The quantitative estimate of drug-likeness (QED) is 0.811. The monoisotopic (exact) mass is 213 g/mol. The molecule has 0 aliphatic rings. The van der Waals surface area contributed by atoms with Gasteiger partial charge >= 0.3 is 6.09 Å². The molecule has 0 radical (unpaired) electrons. The van der Waals surface area contributed by atoms with Crippen LogP contribution in [0, 0.1) is 0 Å². The summed E-state index contributed by atoms with van der Waals surface area (Å²) in [6.45, 7) is 0. The zero-order valence-electron chi connectivity index (χ0n) is 7.94. The van der Waals surface area contributed by atoms with Crippen LogP contribution in [-0.2, 0) is 15.5 Å². The number of hydrogen-bond acceptors (Lipinski definition) is 3. The lowest BCUT2D eigenvalue weighted by molar-refractivity contribution is 0.187. The molecule has 1 aromatic carbocycles. The number of rotatable bonds is 2. The number of benzene rings is 1. The van der Waals surface area contributed by atoms with Gasteiger partial charge in [-0.25, -0.2) is 4.79 Å². The van der Waals surface area contributed by atoms with Crippen molar-refractivity contribution in [3.8, 4) is 0 Å². The normalized spacial score (nSPS) is 11.9. The number of amides is 1. The van der Waals surface area contributed by atoms with Crippen LogP contribution in [0.2, 0.25) is 0 Å². The number of hydrogen-bond donors (Lipinski definition) is 1. The molecule has 1 unspecified atom stereocenters. The minimum Gasteiger partial charge on any atom is -0.453 e. The SMILES string of the molecule is COC(=O)Nc1ccc(S(C)=O)cc1. The fraction of sp³-hybridized carbons (Fsp3) is 0.222. The van der Waals surface area contributed by atoms with Gasteiger partial charge in [-0.2, -0.15) is 0 Å². The van der Waals surface area contributed by atoms with E-state index in [9.17, 15) is 9.00 Å². The highest BCUT2D eigenvalue weighted by molar-refractivity contribution is 7.84. The van der Waals surface area contributed by atoms with Crippen molar-refractivity contribution < 1.29 is 13.7 Å². The van der Waals surface area contributed by atoms with Crippen LogP contribution in [0.4, 0.5) is 10.5 Å². The van der Waals surface area contributed by atoms with Crippen molar-refractivity contribution in [2.24, 2.45) is 0 Å². The molecule has 0 saturated heterocycles. The second kappa shape index (κ2) is 4.76. The molecular weight excluding hydrogens is 202 g/mol. The summed E-state index contributed by atoms with van der Waals surface area (Å²) >= 11 is 0. The molecule has 0 aliphatic carbocycles. The zero-order valence-corrected chi connectivity index (χ0v) is 8.76. The van der Waals surface area contributed by atoms with Crippen LogP contribution >= 0.6 is 0 Å². The Morgan fingerprint density at radius 1 is 1.36 bits per heavy atom.